The van der Waals surface area contributed by atoms with E-state index in [1.165, 1.54) is 38.5 Å². The predicted molar refractivity (Wildman–Crippen MR) is 65.0 cm³/mol. The lowest BCUT2D eigenvalue weighted by Gasteiger charge is -2.28. The summed E-state index contributed by atoms with van der Waals surface area (Å²) in [7, 11) is 0. The molecular formula is C13H27NO. The molecular weight excluding hydrogens is 186 g/mol. The second kappa shape index (κ2) is 8.12. The molecule has 0 spiro atoms. The maximum absolute atomic E-state index is 8.66. The Bertz CT molecular complexity index is 143. The van der Waals surface area contributed by atoms with Gasteiger partial charge >= 0.3 is 0 Å². The zero-order chi connectivity index (χ0) is 10.9. The van der Waals surface area contributed by atoms with Crippen LogP contribution in [-0.2, 0) is 0 Å². The van der Waals surface area contributed by atoms with Crippen LogP contribution in [0, 0.1) is 5.92 Å². The number of unbranched alkanes of at least 4 members (excludes halogenated alkanes) is 2. The SMILES string of the molecule is CC(NCCCCCO)C1CCCCC1. The molecule has 0 heterocycles. The van der Waals surface area contributed by atoms with Crippen LogP contribution in [-0.4, -0.2) is 24.3 Å². The van der Waals surface area contributed by atoms with E-state index in [0.29, 0.717) is 12.6 Å². The monoisotopic (exact) mass is 213 g/mol. The Hall–Kier alpha value is -0.0800. The normalized spacial score (nSPS) is 20.4. The molecule has 0 bridgehead atoms. The summed E-state index contributed by atoms with van der Waals surface area (Å²) in [6, 6.07) is 0.694. The fourth-order valence-electron chi connectivity index (χ4n) is 2.54. The molecule has 0 radical (unpaired) electrons. The molecule has 0 aromatic heterocycles. The van der Waals surface area contributed by atoms with Gasteiger partial charge in [0, 0.05) is 12.6 Å². The second-order valence-corrected chi connectivity index (χ2v) is 4.93. The van der Waals surface area contributed by atoms with Gasteiger partial charge in [-0.3, -0.25) is 0 Å². The Morgan fingerprint density at radius 1 is 1.13 bits per heavy atom. The highest BCUT2D eigenvalue weighted by Gasteiger charge is 2.18. The third-order valence-electron chi connectivity index (χ3n) is 3.66. The molecule has 1 saturated carbocycles. The third kappa shape index (κ3) is 5.53. The van der Waals surface area contributed by atoms with E-state index in [1.807, 2.05) is 0 Å². The number of rotatable bonds is 7. The van der Waals surface area contributed by atoms with Crippen molar-refractivity contribution in [2.75, 3.05) is 13.2 Å². The Labute approximate surface area is 94.5 Å². The van der Waals surface area contributed by atoms with E-state index in [-0.39, 0.29) is 0 Å². The first-order chi connectivity index (χ1) is 7.34. The van der Waals surface area contributed by atoms with Crippen LogP contribution in [0.1, 0.15) is 58.3 Å². The summed E-state index contributed by atoms with van der Waals surface area (Å²) in [5.41, 5.74) is 0. The van der Waals surface area contributed by atoms with Crippen molar-refractivity contribution in [1.29, 1.82) is 0 Å². The minimum Gasteiger partial charge on any atom is -0.396 e. The molecule has 1 fully saturated rings. The first-order valence-corrected chi connectivity index (χ1v) is 6.69. The van der Waals surface area contributed by atoms with Crippen LogP contribution in [0.4, 0.5) is 0 Å². The molecule has 0 amide bonds. The van der Waals surface area contributed by atoms with Crippen molar-refractivity contribution in [3.05, 3.63) is 0 Å². The minimum absolute atomic E-state index is 0.345. The highest BCUT2D eigenvalue weighted by molar-refractivity contribution is 4.75. The molecule has 0 saturated heterocycles. The molecule has 1 unspecified atom stereocenters. The zero-order valence-electron chi connectivity index (χ0n) is 10.2. The molecule has 90 valence electrons. The lowest BCUT2D eigenvalue weighted by atomic mass is 9.84. The highest BCUT2D eigenvalue weighted by atomic mass is 16.2. The summed E-state index contributed by atoms with van der Waals surface area (Å²) in [5.74, 6) is 0.914. The van der Waals surface area contributed by atoms with Crippen molar-refractivity contribution in [3.63, 3.8) is 0 Å². The van der Waals surface area contributed by atoms with Gasteiger partial charge in [-0.1, -0.05) is 19.3 Å². The maximum Gasteiger partial charge on any atom is 0.0431 e. The van der Waals surface area contributed by atoms with Crippen molar-refractivity contribution in [2.45, 2.75) is 64.3 Å². The Kier molecular flexibility index (Phi) is 7.03. The number of aliphatic hydroxyl groups is 1. The van der Waals surface area contributed by atoms with Gasteiger partial charge in [-0.15, -0.1) is 0 Å². The standard InChI is InChI=1S/C13H27NO/c1-12(13-8-4-2-5-9-13)14-10-6-3-7-11-15/h12-15H,2-11H2,1H3. The van der Waals surface area contributed by atoms with Gasteiger partial charge in [0.25, 0.3) is 0 Å². The average molecular weight is 213 g/mol. The molecule has 1 aliphatic carbocycles. The Morgan fingerprint density at radius 3 is 2.53 bits per heavy atom. The smallest absolute Gasteiger partial charge is 0.0431 e. The molecule has 2 nitrogen and oxygen atoms in total. The van der Waals surface area contributed by atoms with Gasteiger partial charge in [-0.05, 0) is 51.5 Å². The van der Waals surface area contributed by atoms with E-state index >= 15 is 0 Å². The summed E-state index contributed by atoms with van der Waals surface area (Å²) in [6.45, 7) is 3.80. The van der Waals surface area contributed by atoms with Crippen molar-refractivity contribution >= 4 is 0 Å². The van der Waals surface area contributed by atoms with E-state index < -0.39 is 0 Å². The number of hydrogen-bond acceptors (Lipinski definition) is 2. The molecule has 1 atom stereocenters. The van der Waals surface area contributed by atoms with Gasteiger partial charge in [0.1, 0.15) is 0 Å². The molecule has 2 N–H and O–H groups in total. The van der Waals surface area contributed by atoms with Gasteiger partial charge in [0.15, 0.2) is 0 Å². The fraction of sp³-hybridized carbons (Fsp3) is 1.00. The first kappa shape index (κ1) is 13.0. The lowest BCUT2D eigenvalue weighted by Crippen LogP contribution is -2.35. The zero-order valence-corrected chi connectivity index (χ0v) is 10.2. The first-order valence-electron chi connectivity index (χ1n) is 6.69. The van der Waals surface area contributed by atoms with Crippen molar-refractivity contribution in [3.8, 4) is 0 Å². The molecule has 0 aromatic carbocycles. The highest BCUT2D eigenvalue weighted by Crippen LogP contribution is 2.26. The molecule has 15 heavy (non-hydrogen) atoms. The fourth-order valence-corrected chi connectivity index (χ4v) is 2.54. The quantitative estimate of drug-likeness (QED) is 0.637. The topological polar surface area (TPSA) is 32.3 Å². The van der Waals surface area contributed by atoms with Crippen LogP contribution in [0.25, 0.3) is 0 Å². The van der Waals surface area contributed by atoms with E-state index in [0.717, 1.165) is 25.3 Å². The van der Waals surface area contributed by atoms with Gasteiger partial charge < -0.3 is 10.4 Å². The van der Waals surface area contributed by atoms with Crippen LogP contribution in [0.5, 0.6) is 0 Å². The summed E-state index contributed by atoms with van der Waals surface area (Å²) >= 11 is 0. The van der Waals surface area contributed by atoms with E-state index in [9.17, 15) is 0 Å². The predicted octanol–water partition coefficient (Wildman–Crippen LogP) is 2.71. The Morgan fingerprint density at radius 2 is 1.87 bits per heavy atom. The van der Waals surface area contributed by atoms with Gasteiger partial charge in [0.2, 0.25) is 0 Å². The second-order valence-electron chi connectivity index (χ2n) is 4.93. The van der Waals surface area contributed by atoms with E-state index in [2.05, 4.69) is 12.2 Å². The van der Waals surface area contributed by atoms with E-state index in [4.69, 9.17) is 5.11 Å². The molecule has 1 aliphatic rings. The number of aliphatic hydroxyl groups excluding tert-OH is 1. The van der Waals surface area contributed by atoms with Crippen LogP contribution < -0.4 is 5.32 Å². The minimum atomic E-state index is 0.345. The molecule has 1 rings (SSSR count). The van der Waals surface area contributed by atoms with Gasteiger partial charge in [0.05, 0.1) is 0 Å². The van der Waals surface area contributed by atoms with E-state index in [1.54, 1.807) is 0 Å². The van der Waals surface area contributed by atoms with Crippen LogP contribution in [0.3, 0.4) is 0 Å². The summed E-state index contributed by atoms with van der Waals surface area (Å²) in [6.07, 6.45) is 10.5. The molecule has 2 heteroatoms. The maximum atomic E-state index is 8.66. The van der Waals surface area contributed by atoms with Crippen LogP contribution >= 0.6 is 0 Å². The average Bonchev–Trinajstić information content (AvgIpc) is 2.30. The summed E-state index contributed by atoms with van der Waals surface area (Å²) < 4.78 is 0. The van der Waals surface area contributed by atoms with Crippen LogP contribution in [0.15, 0.2) is 0 Å². The summed E-state index contributed by atoms with van der Waals surface area (Å²) in [5, 5.41) is 12.3. The molecule has 0 aromatic rings. The summed E-state index contributed by atoms with van der Waals surface area (Å²) in [4.78, 5) is 0. The van der Waals surface area contributed by atoms with Crippen LogP contribution in [0.2, 0.25) is 0 Å². The number of hydrogen-bond donors (Lipinski definition) is 2. The largest absolute Gasteiger partial charge is 0.396 e. The van der Waals surface area contributed by atoms with Gasteiger partial charge in [-0.2, -0.15) is 0 Å². The van der Waals surface area contributed by atoms with Crippen molar-refractivity contribution in [2.24, 2.45) is 5.92 Å². The van der Waals surface area contributed by atoms with Crippen molar-refractivity contribution < 1.29 is 5.11 Å². The Balaban J connectivity index is 1.99. The van der Waals surface area contributed by atoms with Gasteiger partial charge in [-0.25, -0.2) is 0 Å². The lowest BCUT2D eigenvalue weighted by molar-refractivity contribution is 0.272. The van der Waals surface area contributed by atoms with Crippen molar-refractivity contribution in [1.82, 2.24) is 5.32 Å². The number of nitrogens with one attached hydrogen (secondary N) is 1. The third-order valence-corrected chi connectivity index (χ3v) is 3.66. The molecule has 0 aliphatic heterocycles.